The molecule has 21 heavy (non-hydrogen) atoms. The smallest absolute Gasteiger partial charge is 0.433 e. The fraction of sp³-hybridized carbons (Fsp3) is 0.600. The lowest BCUT2D eigenvalue weighted by Crippen LogP contribution is -2.20. The first kappa shape index (κ1) is 15.6. The van der Waals surface area contributed by atoms with Crippen LogP contribution in [0.15, 0.2) is 12.1 Å². The summed E-state index contributed by atoms with van der Waals surface area (Å²) in [4.78, 5) is 3.44. The molecule has 114 valence electrons. The SMILES string of the molecule is CC1CCC(COc2nc(C(F)(F)F)ccc2C#N)CC1. The van der Waals surface area contributed by atoms with E-state index in [1.54, 1.807) is 0 Å². The van der Waals surface area contributed by atoms with Crippen molar-refractivity contribution in [2.24, 2.45) is 11.8 Å². The van der Waals surface area contributed by atoms with Crippen molar-refractivity contribution >= 4 is 0 Å². The highest BCUT2D eigenvalue weighted by Crippen LogP contribution is 2.31. The first-order valence-electron chi connectivity index (χ1n) is 7.01. The quantitative estimate of drug-likeness (QED) is 0.841. The Morgan fingerprint density at radius 1 is 1.29 bits per heavy atom. The van der Waals surface area contributed by atoms with E-state index in [4.69, 9.17) is 10.00 Å². The second-order valence-electron chi connectivity index (χ2n) is 5.60. The molecule has 0 unspecified atom stereocenters. The molecule has 1 aliphatic carbocycles. The van der Waals surface area contributed by atoms with Gasteiger partial charge in [0.05, 0.1) is 6.61 Å². The van der Waals surface area contributed by atoms with Crippen LogP contribution in [0.2, 0.25) is 0 Å². The maximum absolute atomic E-state index is 12.6. The molecule has 1 aromatic rings. The van der Waals surface area contributed by atoms with Crippen LogP contribution in [-0.2, 0) is 6.18 Å². The van der Waals surface area contributed by atoms with Gasteiger partial charge in [-0.05, 0) is 36.8 Å². The molecule has 0 saturated heterocycles. The fourth-order valence-corrected chi connectivity index (χ4v) is 2.49. The van der Waals surface area contributed by atoms with E-state index in [9.17, 15) is 13.2 Å². The van der Waals surface area contributed by atoms with Crippen LogP contribution in [0.4, 0.5) is 13.2 Å². The second kappa shape index (κ2) is 6.33. The predicted octanol–water partition coefficient (Wildman–Crippen LogP) is 4.18. The van der Waals surface area contributed by atoms with Crippen LogP contribution in [0.25, 0.3) is 0 Å². The summed E-state index contributed by atoms with van der Waals surface area (Å²) in [7, 11) is 0. The molecule has 2 rings (SSSR count). The number of ether oxygens (including phenoxy) is 1. The van der Waals surface area contributed by atoms with Gasteiger partial charge in [0.2, 0.25) is 5.88 Å². The second-order valence-corrected chi connectivity index (χ2v) is 5.60. The largest absolute Gasteiger partial charge is 0.476 e. The molecule has 0 N–H and O–H groups in total. The van der Waals surface area contributed by atoms with Crippen molar-refractivity contribution in [2.75, 3.05) is 6.61 Å². The van der Waals surface area contributed by atoms with Crippen molar-refractivity contribution < 1.29 is 17.9 Å². The third kappa shape index (κ3) is 4.10. The lowest BCUT2D eigenvalue weighted by atomic mass is 9.83. The maximum atomic E-state index is 12.6. The lowest BCUT2D eigenvalue weighted by molar-refractivity contribution is -0.141. The normalized spacial score (nSPS) is 22.6. The van der Waals surface area contributed by atoms with Gasteiger partial charge in [0.1, 0.15) is 17.3 Å². The third-order valence-corrected chi connectivity index (χ3v) is 3.86. The molecule has 1 saturated carbocycles. The summed E-state index contributed by atoms with van der Waals surface area (Å²) in [5, 5.41) is 8.93. The zero-order valence-corrected chi connectivity index (χ0v) is 11.8. The minimum absolute atomic E-state index is 0.0344. The Balaban J connectivity index is 2.06. The Bertz CT molecular complexity index is 529. The first-order chi connectivity index (χ1) is 9.90. The van der Waals surface area contributed by atoms with Crippen molar-refractivity contribution in [1.29, 1.82) is 5.26 Å². The molecular weight excluding hydrogens is 281 g/mol. The minimum Gasteiger partial charge on any atom is -0.476 e. The van der Waals surface area contributed by atoms with E-state index in [1.165, 1.54) is 0 Å². The summed E-state index contributed by atoms with van der Waals surface area (Å²) in [6.45, 7) is 2.51. The zero-order valence-electron chi connectivity index (χ0n) is 11.8. The van der Waals surface area contributed by atoms with E-state index in [0.29, 0.717) is 18.4 Å². The molecule has 1 aliphatic rings. The molecule has 0 atom stereocenters. The molecule has 1 heterocycles. The number of aromatic nitrogens is 1. The average Bonchev–Trinajstić information content (AvgIpc) is 2.45. The minimum atomic E-state index is -4.54. The van der Waals surface area contributed by atoms with Gasteiger partial charge in [0, 0.05) is 0 Å². The molecule has 3 nitrogen and oxygen atoms in total. The average molecular weight is 298 g/mol. The van der Waals surface area contributed by atoms with Crippen LogP contribution in [0.3, 0.4) is 0 Å². The standard InChI is InChI=1S/C15H17F3N2O/c1-10-2-4-11(5-3-10)9-21-14-12(8-19)6-7-13(20-14)15(16,17)18/h6-7,10-11H,2-5,9H2,1H3. The molecule has 0 aromatic carbocycles. The highest BCUT2D eigenvalue weighted by atomic mass is 19.4. The van der Waals surface area contributed by atoms with E-state index in [-0.39, 0.29) is 11.4 Å². The van der Waals surface area contributed by atoms with Crippen LogP contribution >= 0.6 is 0 Å². The van der Waals surface area contributed by atoms with Gasteiger partial charge in [-0.3, -0.25) is 0 Å². The number of hydrogen-bond acceptors (Lipinski definition) is 3. The summed E-state index contributed by atoms with van der Waals surface area (Å²) in [5.74, 6) is 0.803. The number of nitriles is 1. The first-order valence-corrected chi connectivity index (χ1v) is 7.01. The zero-order chi connectivity index (χ0) is 15.5. The Hall–Kier alpha value is -1.77. The summed E-state index contributed by atoms with van der Waals surface area (Å²) >= 11 is 0. The predicted molar refractivity (Wildman–Crippen MR) is 70.6 cm³/mol. The van der Waals surface area contributed by atoms with Crippen molar-refractivity contribution in [3.63, 3.8) is 0 Å². The summed E-state index contributed by atoms with van der Waals surface area (Å²) in [6.07, 6.45) is -0.319. The van der Waals surface area contributed by atoms with E-state index >= 15 is 0 Å². The Morgan fingerprint density at radius 2 is 1.95 bits per heavy atom. The Labute approximate surface area is 121 Å². The molecule has 0 radical (unpaired) electrons. The molecule has 1 fully saturated rings. The third-order valence-electron chi connectivity index (χ3n) is 3.86. The molecular formula is C15H17F3N2O. The van der Waals surface area contributed by atoms with E-state index in [1.807, 2.05) is 6.07 Å². The number of halogens is 3. The topological polar surface area (TPSA) is 45.9 Å². The molecule has 6 heteroatoms. The highest BCUT2D eigenvalue weighted by Gasteiger charge is 2.33. The van der Waals surface area contributed by atoms with Gasteiger partial charge in [0.15, 0.2) is 0 Å². The molecule has 1 aromatic heterocycles. The Morgan fingerprint density at radius 3 is 2.52 bits per heavy atom. The maximum Gasteiger partial charge on any atom is 0.433 e. The van der Waals surface area contributed by atoms with Gasteiger partial charge in [-0.1, -0.05) is 19.8 Å². The summed E-state index contributed by atoms with van der Waals surface area (Å²) < 4.78 is 43.3. The number of rotatable bonds is 3. The van der Waals surface area contributed by atoms with E-state index < -0.39 is 11.9 Å². The van der Waals surface area contributed by atoms with E-state index in [0.717, 1.165) is 37.8 Å². The van der Waals surface area contributed by atoms with Gasteiger partial charge in [-0.25, -0.2) is 4.98 Å². The number of alkyl halides is 3. The summed E-state index contributed by atoms with van der Waals surface area (Å²) in [5.41, 5.74) is -0.999. The highest BCUT2D eigenvalue weighted by molar-refractivity contribution is 5.39. The number of pyridine rings is 1. The van der Waals surface area contributed by atoms with E-state index in [2.05, 4.69) is 11.9 Å². The molecule has 0 amide bonds. The van der Waals surface area contributed by atoms with Gasteiger partial charge in [-0.15, -0.1) is 0 Å². The Kier molecular flexibility index (Phi) is 4.71. The number of nitrogens with zero attached hydrogens (tertiary/aromatic N) is 2. The lowest BCUT2D eigenvalue weighted by Gasteiger charge is -2.26. The molecule has 0 bridgehead atoms. The summed E-state index contributed by atoms with van der Waals surface area (Å²) in [6, 6.07) is 3.72. The van der Waals surface area contributed by atoms with Crippen molar-refractivity contribution in [3.05, 3.63) is 23.4 Å². The molecule has 0 aliphatic heterocycles. The van der Waals surface area contributed by atoms with Crippen LogP contribution < -0.4 is 4.74 Å². The van der Waals surface area contributed by atoms with Crippen LogP contribution in [-0.4, -0.2) is 11.6 Å². The van der Waals surface area contributed by atoms with Gasteiger partial charge in [-0.2, -0.15) is 18.4 Å². The van der Waals surface area contributed by atoms with Crippen LogP contribution in [0.5, 0.6) is 5.88 Å². The van der Waals surface area contributed by atoms with Crippen LogP contribution in [0.1, 0.15) is 43.9 Å². The van der Waals surface area contributed by atoms with Crippen molar-refractivity contribution in [3.8, 4) is 11.9 Å². The van der Waals surface area contributed by atoms with Gasteiger partial charge < -0.3 is 4.74 Å². The van der Waals surface area contributed by atoms with Crippen molar-refractivity contribution in [2.45, 2.75) is 38.8 Å². The van der Waals surface area contributed by atoms with Gasteiger partial charge in [0.25, 0.3) is 0 Å². The monoisotopic (exact) mass is 298 g/mol. The van der Waals surface area contributed by atoms with Gasteiger partial charge >= 0.3 is 6.18 Å². The molecule has 0 spiro atoms. The van der Waals surface area contributed by atoms with Crippen molar-refractivity contribution in [1.82, 2.24) is 4.98 Å². The number of hydrogen-bond donors (Lipinski definition) is 0. The van der Waals surface area contributed by atoms with Crippen LogP contribution in [0, 0.1) is 23.2 Å². The fourth-order valence-electron chi connectivity index (χ4n) is 2.49.